The predicted molar refractivity (Wildman–Crippen MR) is 106 cm³/mol. The summed E-state index contributed by atoms with van der Waals surface area (Å²) in [6, 6.07) is 14.1. The highest BCUT2D eigenvalue weighted by Crippen LogP contribution is 2.33. The van der Waals surface area contributed by atoms with Gasteiger partial charge in [0.25, 0.3) is 11.8 Å². The minimum Gasteiger partial charge on any atom is -0.352 e. The molecule has 0 radical (unpaired) electrons. The summed E-state index contributed by atoms with van der Waals surface area (Å²) >= 11 is 0. The summed E-state index contributed by atoms with van der Waals surface area (Å²) in [6.45, 7) is 3.26. The van der Waals surface area contributed by atoms with Crippen molar-refractivity contribution in [3.63, 3.8) is 0 Å². The molecule has 3 amide bonds. The SMILES string of the molecule is CCNC(=O)c1ccccc1CN1C(=O)[C@@H]2CCCN2C(=O)c2ccccc21. The first-order valence-electron chi connectivity index (χ1n) is 9.69. The zero-order valence-corrected chi connectivity index (χ0v) is 15.9. The Morgan fingerprint density at radius 2 is 1.86 bits per heavy atom. The van der Waals surface area contributed by atoms with Crippen molar-refractivity contribution in [2.45, 2.75) is 32.4 Å². The first-order chi connectivity index (χ1) is 13.6. The molecule has 1 fully saturated rings. The summed E-state index contributed by atoms with van der Waals surface area (Å²) in [5.41, 5.74) is 2.46. The average molecular weight is 377 g/mol. The van der Waals surface area contributed by atoms with E-state index in [9.17, 15) is 14.4 Å². The molecule has 2 heterocycles. The third kappa shape index (κ3) is 3.05. The Bertz CT molecular complexity index is 940. The minimum absolute atomic E-state index is 0.0819. The van der Waals surface area contributed by atoms with Crippen molar-refractivity contribution in [1.82, 2.24) is 10.2 Å². The molecule has 4 rings (SSSR count). The van der Waals surface area contributed by atoms with Crippen molar-refractivity contribution in [3.05, 3.63) is 65.2 Å². The van der Waals surface area contributed by atoms with E-state index in [1.807, 2.05) is 43.3 Å². The molecule has 6 heteroatoms. The number of benzene rings is 2. The van der Waals surface area contributed by atoms with E-state index >= 15 is 0 Å². The second kappa shape index (κ2) is 7.46. The van der Waals surface area contributed by atoms with E-state index in [-0.39, 0.29) is 24.3 Å². The molecule has 2 aromatic carbocycles. The zero-order valence-electron chi connectivity index (χ0n) is 15.9. The highest BCUT2D eigenvalue weighted by atomic mass is 16.2. The van der Waals surface area contributed by atoms with Gasteiger partial charge in [-0.15, -0.1) is 0 Å². The molecule has 0 unspecified atom stereocenters. The third-order valence-electron chi connectivity index (χ3n) is 5.42. The second-order valence-electron chi connectivity index (χ2n) is 7.11. The monoisotopic (exact) mass is 377 g/mol. The normalized spacial score (nSPS) is 18.5. The summed E-state index contributed by atoms with van der Waals surface area (Å²) in [6.07, 6.45) is 1.50. The van der Waals surface area contributed by atoms with Crippen molar-refractivity contribution in [2.24, 2.45) is 0 Å². The molecule has 0 aliphatic carbocycles. The molecule has 2 aliphatic rings. The lowest BCUT2D eigenvalue weighted by molar-refractivity contribution is -0.122. The van der Waals surface area contributed by atoms with Gasteiger partial charge in [-0.2, -0.15) is 0 Å². The molecule has 144 valence electrons. The smallest absolute Gasteiger partial charge is 0.256 e. The Kier molecular flexibility index (Phi) is 4.86. The molecule has 1 N–H and O–H groups in total. The highest BCUT2D eigenvalue weighted by Gasteiger charge is 2.41. The maximum Gasteiger partial charge on any atom is 0.256 e. The van der Waals surface area contributed by atoms with Crippen LogP contribution in [0.3, 0.4) is 0 Å². The summed E-state index contributed by atoms with van der Waals surface area (Å²) in [5, 5.41) is 2.82. The van der Waals surface area contributed by atoms with Gasteiger partial charge >= 0.3 is 0 Å². The number of carbonyl (C=O) groups is 3. The van der Waals surface area contributed by atoms with E-state index < -0.39 is 6.04 Å². The van der Waals surface area contributed by atoms with Crippen LogP contribution in [0.25, 0.3) is 0 Å². The third-order valence-corrected chi connectivity index (χ3v) is 5.42. The Morgan fingerprint density at radius 1 is 1.11 bits per heavy atom. The van der Waals surface area contributed by atoms with E-state index in [1.165, 1.54) is 0 Å². The number of hydrogen-bond acceptors (Lipinski definition) is 3. The van der Waals surface area contributed by atoms with Gasteiger partial charge in [0.05, 0.1) is 17.8 Å². The topological polar surface area (TPSA) is 69.7 Å². The lowest BCUT2D eigenvalue weighted by Gasteiger charge is -2.26. The van der Waals surface area contributed by atoms with Crippen LogP contribution in [0.1, 0.15) is 46.0 Å². The Hall–Kier alpha value is -3.15. The van der Waals surface area contributed by atoms with Gasteiger partial charge in [0, 0.05) is 18.7 Å². The van der Waals surface area contributed by atoms with Crippen molar-refractivity contribution in [1.29, 1.82) is 0 Å². The van der Waals surface area contributed by atoms with Gasteiger partial charge in [-0.25, -0.2) is 0 Å². The van der Waals surface area contributed by atoms with Crippen LogP contribution in [0.5, 0.6) is 0 Å². The highest BCUT2D eigenvalue weighted by molar-refractivity contribution is 6.11. The summed E-state index contributed by atoms with van der Waals surface area (Å²) in [4.78, 5) is 42.2. The number of carbonyl (C=O) groups excluding carboxylic acids is 3. The van der Waals surface area contributed by atoms with Gasteiger partial charge in [0.15, 0.2) is 0 Å². The van der Waals surface area contributed by atoms with Crippen molar-refractivity contribution in [3.8, 4) is 0 Å². The molecule has 0 aromatic heterocycles. The molecule has 2 aromatic rings. The van der Waals surface area contributed by atoms with Gasteiger partial charge < -0.3 is 15.1 Å². The molecule has 2 aliphatic heterocycles. The molecule has 1 atom stereocenters. The van der Waals surface area contributed by atoms with E-state index in [1.54, 1.807) is 21.9 Å². The molecular formula is C22H23N3O3. The molecule has 6 nitrogen and oxygen atoms in total. The summed E-state index contributed by atoms with van der Waals surface area (Å²) in [5.74, 6) is -0.334. The quantitative estimate of drug-likeness (QED) is 0.890. The molecular weight excluding hydrogens is 354 g/mol. The number of anilines is 1. The Balaban J connectivity index is 1.77. The van der Waals surface area contributed by atoms with Crippen molar-refractivity contribution in [2.75, 3.05) is 18.0 Å². The molecule has 0 bridgehead atoms. The molecule has 1 saturated heterocycles. The zero-order chi connectivity index (χ0) is 19.7. The van der Waals surface area contributed by atoms with Gasteiger partial charge in [-0.3, -0.25) is 14.4 Å². The van der Waals surface area contributed by atoms with Gasteiger partial charge in [-0.05, 0) is 43.5 Å². The van der Waals surface area contributed by atoms with E-state index in [4.69, 9.17) is 0 Å². The number of nitrogens with one attached hydrogen (secondary N) is 1. The van der Waals surface area contributed by atoms with Crippen LogP contribution in [0, 0.1) is 0 Å². The number of fused-ring (bicyclic) bond motifs is 2. The predicted octanol–water partition coefficient (Wildman–Crippen LogP) is 2.59. The van der Waals surface area contributed by atoms with Crippen LogP contribution in [0.2, 0.25) is 0 Å². The number of rotatable bonds is 4. The first kappa shape index (κ1) is 18.2. The fraction of sp³-hybridized carbons (Fsp3) is 0.318. The standard InChI is InChI=1S/C22H23N3O3/c1-2-23-20(26)16-9-4-3-8-15(16)14-25-18-11-6-5-10-17(18)21(27)24-13-7-12-19(24)22(25)28/h3-6,8-11,19H,2,7,12-14H2,1H3,(H,23,26)/t19-/m0/s1. The first-order valence-corrected chi connectivity index (χ1v) is 9.69. The fourth-order valence-corrected chi connectivity index (χ4v) is 4.08. The van der Waals surface area contributed by atoms with Crippen molar-refractivity contribution >= 4 is 23.4 Å². The van der Waals surface area contributed by atoms with Crippen LogP contribution in [-0.2, 0) is 11.3 Å². The second-order valence-corrected chi connectivity index (χ2v) is 7.11. The number of nitrogens with zero attached hydrogens (tertiary/aromatic N) is 2. The average Bonchev–Trinajstić information content (AvgIpc) is 3.19. The van der Waals surface area contributed by atoms with Crippen LogP contribution in [0.4, 0.5) is 5.69 Å². The van der Waals surface area contributed by atoms with E-state index in [2.05, 4.69) is 5.32 Å². The maximum atomic E-state index is 13.4. The lowest BCUT2D eigenvalue weighted by atomic mass is 10.0. The van der Waals surface area contributed by atoms with Crippen LogP contribution in [0.15, 0.2) is 48.5 Å². The minimum atomic E-state index is -0.434. The van der Waals surface area contributed by atoms with Crippen LogP contribution in [-0.4, -0.2) is 41.8 Å². The largest absolute Gasteiger partial charge is 0.352 e. The van der Waals surface area contributed by atoms with Crippen molar-refractivity contribution < 1.29 is 14.4 Å². The fourth-order valence-electron chi connectivity index (χ4n) is 4.08. The summed E-state index contributed by atoms with van der Waals surface area (Å²) < 4.78 is 0. The Morgan fingerprint density at radius 3 is 2.68 bits per heavy atom. The maximum absolute atomic E-state index is 13.4. The number of para-hydroxylation sites is 1. The lowest BCUT2D eigenvalue weighted by Crippen LogP contribution is -2.44. The van der Waals surface area contributed by atoms with Gasteiger partial charge in [0.2, 0.25) is 5.91 Å². The van der Waals surface area contributed by atoms with E-state index in [0.717, 1.165) is 12.0 Å². The van der Waals surface area contributed by atoms with Gasteiger partial charge in [-0.1, -0.05) is 30.3 Å². The molecule has 0 spiro atoms. The Labute approximate surface area is 164 Å². The molecule has 0 saturated carbocycles. The molecule has 28 heavy (non-hydrogen) atoms. The van der Waals surface area contributed by atoms with E-state index in [0.29, 0.717) is 36.3 Å². The summed E-state index contributed by atoms with van der Waals surface area (Å²) in [7, 11) is 0. The van der Waals surface area contributed by atoms with Gasteiger partial charge in [0.1, 0.15) is 6.04 Å². The number of hydrogen-bond donors (Lipinski definition) is 1. The van der Waals surface area contributed by atoms with Crippen LogP contribution < -0.4 is 10.2 Å². The van der Waals surface area contributed by atoms with Crippen LogP contribution >= 0.6 is 0 Å². The number of amides is 3.